The normalized spacial score (nSPS) is 19.6. The second-order valence-electron chi connectivity index (χ2n) is 8.01. The smallest absolute Gasteiger partial charge is 0.356 e. The largest absolute Gasteiger partial charge is 0.416 e. The highest BCUT2D eigenvalue weighted by Gasteiger charge is 2.37. The number of hydrogen-bond acceptors (Lipinski definition) is 4. The minimum Gasteiger partial charge on any atom is -0.356 e. The number of likely N-dealkylation sites (tertiary alicyclic amines) is 1. The first-order valence-corrected chi connectivity index (χ1v) is 11.9. The molecule has 2 aliphatic heterocycles. The van der Waals surface area contributed by atoms with Crippen LogP contribution in [0.5, 0.6) is 0 Å². The zero-order valence-electron chi connectivity index (χ0n) is 17.1. The predicted molar refractivity (Wildman–Crippen MR) is 106 cm³/mol. The van der Waals surface area contributed by atoms with E-state index >= 15 is 0 Å². The van der Waals surface area contributed by atoms with Crippen LogP contribution in [-0.2, 0) is 21.0 Å². The van der Waals surface area contributed by atoms with Crippen molar-refractivity contribution in [3.8, 4) is 0 Å². The summed E-state index contributed by atoms with van der Waals surface area (Å²) in [5.41, 5.74) is -1.23. The van der Waals surface area contributed by atoms with Crippen LogP contribution in [0.3, 0.4) is 0 Å². The molecule has 0 aromatic heterocycles. The number of carbonyl (C=O) groups is 1. The highest BCUT2D eigenvalue weighted by Crippen LogP contribution is 2.33. The van der Waals surface area contributed by atoms with Crippen molar-refractivity contribution < 1.29 is 30.8 Å². The summed E-state index contributed by atoms with van der Waals surface area (Å²) in [6.45, 7) is 3.55. The Kier molecular flexibility index (Phi) is 7.59. The van der Waals surface area contributed by atoms with Crippen LogP contribution in [0.1, 0.15) is 37.7 Å². The Bertz CT molecular complexity index is 878. The van der Waals surface area contributed by atoms with E-state index in [0.29, 0.717) is 24.7 Å². The Hall–Kier alpha value is -1.72. The maximum atomic E-state index is 14.1. The first-order chi connectivity index (χ1) is 14.6. The van der Waals surface area contributed by atoms with Crippen LogP contribution in [-0.4, -0.2) is 62.8 Å². The summed E-state index contributed by atoms with van der Waals surface area (Å²) in [7, 11) is -4.43. The van der Waals surface area contributed by atoms with Gasteiger partial charge in [-0.05, 0) is 69.9 Å². The van der Waals surface area contributed by atoms with E-state index in [1.165, 1.54) is 12.8 Å². The molecule has 2 aliphatic rings. The number of halogens is 4. The molecule has 1 amide bonds. The number of sulfonamides is 1. The van der Waals surface area contributed by atoms with E-state index in [0.717, 1.165) is 30.4 Å². The molecule has 1 aromatic carbocycles. The van der Waals surface area contributed by atoms with Crippen molar-refractivity contribution in [3.05, 3.63) is 29.6 Å². The molecule has 11 heteroatoms. The molecule has 2 saturated heterocycles. The van der Waals surface area contributed by atoms with Crippen LogP contribution in [0.4, 0.5) is 17.6 Å². The lowest BCUT2D eigenvalue weighted by molar-refractivity contribution is -0.137. The number of benzene rings is 1. The summed E-state index contributed by atoms with van der Waals surface area (Å²) in [6.07, 6.45) is -1.06. The lowest BCUT2D eigenvalue weighted by Gasteiger charge is -2.30. The lowest BCUT2D eigenvalue weighted by atomic mass is 9.97. The number of nitrogens with zero attached hydrogens (tertiary/aromatic N) is 2. The van der Waals surface area contributed by atoms with Gasteiger partial charge in [0.2, 0.25) is 15.9 Å². The number of amides is 1. The monoisotopic (exact) mass is 465 g/mol. The van der Waals surface area contributed by atoms with Crippen LogP contribution in [0.2, 0.25) is 0 Å². The fourth-order valence-corrected chi connectivity index (χ4v) is 5.60. The number of piperidine rings is 1. The highest BCUT2D eigenvalue weighted by molar-refractivity contribution is 7.89. The van der Waals surface area contributed by atoms with Crippen molar-refractivity contribution >= 4 is 15.9 Å². The van der Waals surface area contributed by atoms with Crippen LogP contribution in [0.25, 0.3) is 0 Å². The molecule has 1 aromatic rings. The van der Waals surface area contributed by atoms with Gasteiger partial charge in [-0.15, -0.1) is 0 Å². The van der Waals surface area contributed by atoms with Gasteiger partial charge in [-0.25, -0.2) is 12.8 Å². The molecule has 0 unspecified atom stereocenters. The number of carbonyl (C=O) groups excluding carboxylic acids is 1. The lowest BCUT2D eigenvalue weighted by Crippen LogP contribution is -2.43. The summed E-state index contributed by atoms with van der Waals surface area (Å²) in [4.78, 5) is 13.7. The van der Waals surface area contributed by atoms with E-state index in [-0.39, 0.29) is 37.8 Å². The van der Waals surface area contributed by atoms with Gasteiger partial charge < -0.3 is 10.2 Å². The van der Waals surface area contributed by atoms with Crippen molar-refractivity contribution in [1.29, 1.82) is 0 Å². The van der Waals surface area contributed by atoms with Gasteiger partial charge >= 0.3 is 6.18 Å². The summed E-state index contributed by atoms with van der Waals surface area (Å²) < 4.78 is 79.2. The van der Waals surface area contributed by atoms with Crippen molar-refractivity contribution in [2.75, 3.05) is 39.3 Å². The number of nitrogens with one attached hydrogen (secondary N) is 1. The second kappa shape index (κ2) is 9.83. The summed E-state index contributed by atoms with van der Waals surface area (Å²) >= 11 is 0. The van der Waals surface area contributed by atoms with Gasteiger partial charge in [0.15, 0.2) is 0 Å². The Labute approximate surface area is 179 Å². The van der Waals surface area contributed by atoms with E-state index in [4.69, 9.17) is 0 Å². The third kappa shape index (κ3) is 5.95. The molecule has 1 N–H and O–H groups in total. The zero-order chi connectivity index (χ0) is 22.6. The third-order valence-electron chi connectivity index (χ3n) is 5.85. The topological polar surface area (TPSA) is 69.7 Å². The molecule has 0 atom stereocenters. The van der Waals surface area contributed by atoms with E-state index in [2.05, 4.69) is 10.2 Å². The molecule has 0 saturated carbocycles. The van der Waals surface area contributed by atoms with Crippen LogP contribution >= 0.6 is 0 Å². The molecule has 0 bridgehead atoms. The molecule has 0 spiro atoms. The average Bonchev–Trinajstić information content (AvgIpc) is 3.24. The van der Waals surface area contributed by atoms with Crippen molar-refractivity contribution in [1.82, 2.24) is 14.5 Å². The van der Waals surface area contributed by atoms with Crippen LogP contribution in [0, 0.1) is 11.7 Å². The van der Waals surface area contributed by atoms with Gasteiger partial charge in [-0.1, -0.05) is 0 Å². The quantitative estimate of drug-likeness (QED) is 0.497. The van der Waals surface area contributed by atoms with Crippen LogP contribution < -0.4 is 5.32 Å². The van der Waals surface area contributed by atoms with E-state index in [9.17, 15) is 30.8 Å². The zero-order valence-corrected chi connectivity index (χ0v) is 17.9. The molecule has 2 fully saturated rings. The Morgan fingerprint density at radius 2 is 1.74 bits per heavy atom. The molecule has 6 nitrogen and oxygen atoms in total. The van der Waals surface area contributed by atoms with Gasteiger partial charge in [-0.2, -0.15) is 17.5 Å². The molecule has 0 aliphatic carbocycles. The van der Waals surface area contributed by atoms with Crippen molar-refractivity contribution in [2.45, 2.75) is 43.2 Å². The highest BCUT2D eigenvalue weighted by atomic mass is 32.2. The average molecular weight is 466 g/mol. The maximum absolute atomic E-state index is 14.1. The number of alkyl halides is 3. The predicted octanol–water partition coefficient (Wildman–Crippen LogP) is 2.85. The fraction of sp³-hybridized carbons (Fsp3) is 0.650. The molecule has 31 heavy (non-hydrogen) atoms. The standard InChI is InChI=1S/C20H27F4N3O3S/c21-17-5-4-16(20(22,23)24)14-18(17)31(29,30)27-12-6-15(7-13-27)19(28)25-8-3-11-26-9-1-2-10-26/h4-5,14-15H,1-3,6-13H2,(H,25,28). The summed E-state index contributed by atoms with van der Waals surface area (Å²) in [6, 6.07) is 1.34. The Morgan fingerprint density at radius 3 is 2.35 bits per heavy atom. The maximum Gasteiger partial charge on any atom is 0.416 e. The molecular formula is C20H27F4N3O3S. The first-order valence-electron chi connectivity index (χ1n) is 10.5. The summed E-state index contributed by atoms with van der Waals surface area (Å²) in [5, 5.41) is 2.88. The van der Waals surface area contributed by atoms with Gasteiger partial charge in [0.1, 0.15) is 10.7 Å². The molecule has 3 rings (SSSR count). The minimum absolute atomic E-state index is 0.0517. The number of rotatable bonds is 7. The van der Waals surface area contributed by atoms with Crippen molar-refractivity contribution in [2.24, 2.45) is 5.92 Å². The van der Waals surface area contributed by atoms with E-state index < -0.39 is 32.5 Å². The Balaban J connectivity index is 1.53. The SMILES string of the molecule is O=C(NCCCN1CCCC1)C1CCN(S(=O)(=O)c2cc(C(F)(F)F)ccc2F)CC1. The molecule has 0 radical (unpaired) electrons. The van der Waals surface area contributed by atoms with Gasteiger partial charge in [-0.3, -0.25) is 4.79 Å². The fourth-order valence-electron chi connectivity index (χ4n) is 4.04. The van der Waals surface area contributed by atoms with E-state index in [1.54, 1.807) is 0 Å². The molecule has 2 heterocycles. The Morgan fingerprint density at radius 1 is 1.10 bits per heavy atom. The second-order valence-corrected chi connectivity index (χ2v) is 9.92. The van der Waals surface area contributed by atoms with Crippen LogP contribution in [0.15, 0.2) is 23.1 Å². The van der Waals surface area contributed by atoms with Crippen molar-refractivity contribution in [3.63, 3.8) is 0 Å². The first kappa shape index (κ1) is 23.9. The minimum atomic E-state index is -4.78. The van der Waals surface area contributed by atoms with Gasteiger partial charge in [0.25, 0.3) is 0 Å². The van der Waals surface area contributed by atoms with Gasteiger partial charge in [0.05, 0.1) is 5.56 Å². The summed E-state index contributed by atoms with van der Waals surface area (Å²) in [5.74, 6) is -1.75. The molecule has 174 valence electrons. The molecular weight excluding hydrogens is 438 g/mol. The van der Waals surface area contributed by atoms with Gasteiger partial charge in [0, 0.05) is 25.6 Å². The van der Waals surface area contributed by atoms with E-state index in [1.807, 2.05) is 0 Å². The number of hydrogen-bond donors (Lipinski definition) is 1. The third-order valence-corrected chi connectivity index (χ3v) is 7.76.